The van der Waals surface area contributed by atoms with Gasteiger partial charge in [0, 0.05) is 32.0 Å². The van der Waals surface area contributed by atoms with E-state index in [9.17, 15) is 0 Å². The van der Waals surface area contributed by atoms with Crippen LogP contribution in [0.1, 0.15) is 5.56 Å². The number of methoxy groups -OCH3 is 1. The molecule has 4 N–H and O–H groups in total. The summed E-state index contributed by atoms with van der Waals surface area (Å²) in [4.78, 5) is 16.7. The predicted octanol–water partition coefficient (Wildman–Crippen LogP) is 0.291. The molecule has 0 radical (unpaired) electrons. The summed E-state index contributed by atoms with van der Waals surface area (Å²) in [5.41, 5.74) is 6.40. The van der Waals surface area contributed by atoms with E-state index in [1.165, 1.54) is 7.11 Å². The second-order valence-corrected chi connectivity index (χ2v) is 5.12. The van der Waals surface area contributed by atoms with Gasteiger partial charge in [0.05, 0.1) is 33.5 Å². The van der Waals surface area contributed by atoms with Crippen LogP contribution in [-0.2, 0) is 16.0 Å². The van der Waals surface area contributed by atoms with Gasteiger partial charge in [-0.05, 0) is 17.7 Å². The number of hydrogen-bond donors (Lipinski definition) is 3. The molecule has 2 heterocycles. The second kappa shape index (κ2) is 11.9. The average Bonchev–Trinajstić information content (AvgIpc) is 2.69. The van der Waals surface area contributed by atoms with E-state index >= 15 is 0 Å². The summed E-state index contributed by atoms with van der Waals surface area (Å²) in [6.45, 7) is 3.72. The molecular formula is C16H25N7O3. The van der Waals surface area contributed by atoms with E-state index in [0.29, 0.717) is 58.0 Å². The van der Waals surface area contributed by atoms with Crippen LogP contribution in [0.15, 0.2) is 24.5 Å². The fourth-order valence-corrected chi connectivity index (χ4v) is 1.93. The number of nitrogens with one attached hydrogen (secondary N) is 2. The van der Waals surface area contributed by atoms with Crippen LogP contribution in [0.2, 0.25) is 0 Å². The highest BCUT2D eigenvalue weighted by Gasteiger charge is 2.06. The summed E-state index contributed by atoms with van der Waals surface area (Å²) in [5, 5.41) is 6.22. The summed E-state index contributed by atoms with van der Waals surface area (Å²) in [5.74, 6) is 0.837. The van der Waals surface area contributed by atoms with Crippen molar-refractivity contribution in [1.82, 2.24) is 19.9 Å². The van der Waals surface area contributed by atoms with Crippen LogP contribution in [0.4, 0.5) is 11.9 Å². The molecule has 0 atom stereocenters. The molecule has 0 amide bonds. The van der Waals surface area contributed by atoms with Gasteiger partial charge in [-0.3, -0.25) is 4.98 Å². The zero-order valence-electron chi connectivity index (χ0n) is 14.9. The molecule has 26 heavy (non-hydrogen) atoms. The molecule has 0 aromatic carbocycles. The Bertz CT molecular complexity index is 630. The lowest BCUT2D eigenvalue weighted by molar-refractivity contribution is 0.0547. The number of rotatable bonds is 13. The van der Waals surface area contributed by atoms with Crippen LogP contribution < -0.4 is 21.1 Å². The van der Waals surface area contributed by atoms with Gasteiger partial charge < -0.3 is 30.6 Å². The molecule has 0 aliphatic rings. The number of pyridine rings is 1. The van der Waals surface area contributed by atoms with Gasteiger partial charge in [0.25, 0.3) is 0 Å². The molecule has 142 valence electrons. The van der Waals surface area contributed by atoms with Gasteiger partial charge in [-0.15, -0.1) is 0 Å². The molecular weight excluding hydrogens is 338 g/mol. The van der Waals surface area contributed by atoms with E-state index < -0.39 is 0 Å². The minimum atomic E-state index is 0.232. The van der Waals surface area contributed by atoms with Crippen LogP contribution in [0.3, 0.4) is 0 Å². The normalized spacial score (nSPS) is 10.5. The van der Waals surface area contributed by atoms with Gasteiger partial charge >= 0.3 is 6.01 Å². The number of ether oxygens (including phenoxy) is 3. The van der Waals surface area contributed by atoms with E-state index in [1.807, 2.05) is 12.1 Å². The largest absolute Gasteiger partial charge is 0.467 e. The summed E-state index contributed by atoms with van der Waals surface area (Å²) in [6, 6.07) is 4.06. The molecule has 0 bridgehead atoms. The highest BCUT2D eigenvalue weighted by Crippen LogP contribution is 2.11. The van der Waals surface area contributed by atoms with E-state index in [4.69, 9.17) is 19.9 Å². The Kier molecular flexibility index (Phi) is 9.05. The zero-order valence-corrected chi connectivity index (χ0v) is 14.9. The van der Waals surface area contributed by atoms with Gasteiger partial charge in [-0.1, -0.05) is 0 Å². The van der Waals surface area contributed by atoms with Gasteiger partial charge in [0.1, 0.15) is 0 Å². The van der Waals surface area contributed by atoms with E-state index in [0.717, 1.165) is 5.56 Å². The van der Waals surface area contributed by atoms with Crippen molar-refractivity contribution >= 4 is 11.9 Å². The quantitative estimate of drug-likeness (QED) is 0.427. The van der Waals surface area contributed by atoms with Gasteiger partial charge in [-0.25, -0.2) is 0 Å². The van der Waals surface area contributed by atoms with Gasteiger partial charge in [-0.2, -0.15) is 15.0 Å². The first-order chi connectivity index (χ1) is 12.8. The third kappa shape index (κ3) is 7.55. The monoisotopic (exact) mass is 363 g/mol. The highest BCUT2D eigenvalue weighted by atomic mass is 16.5. The van der Waals surface area contributed by atoms with Crippen LogP contribution in [0, 0.1) is 0 Å². The maximum absolute atomic E-state index is 5.44. The van der Waals surface area contributed by atoms with Crippen molar-refractivity contribution in [3.05, 3.63) is 30.1 Å². The summed E-state index contributed by atoms with van der Waals surface area (Å²) >= 11 is 0. The molecule has 0 aliphatic carbocycles. The first kappa shape index (κ1) is 19.8. The molecule has 2 aromatic heterocycles. The molecule has 2 aromatic rings. The number of nitrogens with two attached hydrogens (primary N) is 1. The third-order valence-corrected chi connectivity index (χ3v) is 3.16. The Morgan fingerprint density at radius 1 is 0.923 bits per heavy atom. The maximum atomic E-state index is 5.44. The van der Waals surface area contributed by atoms with Crippen molar-refractivity contribution in [2.45, 2.75) is 6.54 Å². The summed E-state index contributed by atoms with van der Waals surface area (Å²) in [7, 11) is 1.51. The predicted molar refractivity (Wildman–Crippen MR) is 97.1 cm³/mol. The van der Waals surface area contributed by atoms with Gasteiger partial charge in [0.2, 0.25) is 11.9 Å². The SMILES string of the molecule is COc1nc(NCCOCCOCCN)nc(NCc2ccncc2)n1. The van der Waals surface area contributed by atoms with Crippen LogP contribution in [-0.4, -0.2) is 66.6 Å². The van der Waals surface area contributed by atoms with Crippen molar-refractivity contribution in [1.29, 1.82) is 0 Å². The summed E-state index contributed by atoms with van der Waals surface area (Å²) in [6.07, 6.45) is 3.47. The number of anilines is 2. The van der Waals surface area contributed by atoms with Crippen molar-refractivity contribution in [2.24, 2.45) is 5.73 Å². The average molecular weight is 363 g/mol. The van der Waals surface area contributed by atoms with Gasteiger partial charge in [0.15, 0.2) is 0 Å². The first-order valence-corrected chi connectivity index (χ1v) is 8.34. The molecule has 0 aliphatic heterocycles. The Morgan fingerprint density at radius 3 is 2.31 bits per heavy atom. The Labute approximate surface area is 152 Å². The Hall–Kier alpha value is -2.56. The number of nitrogens with zero attached hydrogens (tertiary/aromatic N) is 4. The van der Waals surface area contributed by atoms with E-state index in [-0.39, 0.29) is 6.01 Å². The smallest absolute Gasteiger partial charge is 0.322 e. The second-order valence-electron chi connectivity index (χ2n) is 5.12. The minimum absolute atomic E-state index is 0.232. The molecule has 0 saturated heterocycles. The molecule has 10 nitrogen and oxygen atoms in total. The molecule has 10 heteroatoms. The van der Waals surface area contributed by atoms with Crippen LogP contribution in [0.25, 0.3) is 0 Å². The van der Waals surface area contributed by atoms with Crippen LogP contribution in [0.5, 0.6) is 6.01 Å². The molecule has 2 rings (SSSR count). The van der Waals surface area contributed by atoms with Crippen molar-refractivity contribution in [3.63, 3.8) is 0 Å². The topological polar surface area (TPSA) is 129 Å². The van der Waals surface area contributed by atoms with Crippen molar-refractivity contribution in [3.8, 4) is 6.01 Å². The Morgan fingerprint density at radius 2 is 1.62 bits per heavy atom. The molecule has 0 saturated carbocycles. The lowest BCUT2D eigenvalue weighted by atomic mass is 10.3. The Balaban J connectivity index is 1.77. The standard InChI is InChI=1S/C16H25N7O3/c1-24-16-22-14(19-7-9-26-11-10-25-8-4-17)21-15(23-16)20-12-13-2-5-18-6-3-13/h2-3,5-6H,4,7-12,17H2,1H3,(H2,19,20,21,22,23). The number of aromatic nitrogens is 4. The fourth-order valence-electron chi connectivity index (χ4n) is 1.93. The first-order valence-electron chi connectivity index (χ1n) is 8.34. The van der Waals surface area contributed by atoms with Crippen molar-refractivity contribution < 1.29 is 14.2 Å². The molecule has 0 fully saturated rings. The van der Waals surface area contributed by atoms with E-state index in [1.54, 1.807) is 12.4 Å². The minimum Gasteiger partial charge on any atom is -0.467 e. The number of hydrogen-bond acceptors (Lipinski definition) is 10. The summed E-state index contributed by atoms with van der Waals surface area (Å²) < 4.78 is 15.8. The van der Waals surface area contributed by atoms with Crippen molar-refractivity contribution in [2.75, 3.05) is 57.3 Å². The zero-order chi connectivity index (χ0) is 18.5. The van der Waals surface area contributed by atoms with E-state index in [2.05, 4.69) is 30.6 Å². The lowest BCUT2D eigenvalue weighted by Crippen LogP contribution is -2.16. The van der Waals surface area contributed by atoms with Crippen LogP contribution >= 0.6 is 0 Å². The third-order valence-electron chi connectivity index (χ3n) is 3.16. The highest BCUT2D eigenvalue weighted by molar-refractivity contribution is 5.36. The maximum Gasteiger partial charge on any atom is 0.322 e. The molecule has 0 unspecified atom stereocenters. The lowest BCUT2D eigenvalue weighted by Gasteiger charge is -2.10. The molecule has 0 spiro atoms. The fraction of sp³-hybridized carbons (Fsp3) is 0.500.